The first kappa shape index (κ1) is 8.34. The fourth-order valence-electron chi connectivity index (χ4n) is 1.35. The molecule has 0 fully saturated rings. The van der Waals surface area contributed by atoms with Gasteiger partial charge in [-0.2, -0.15) is 0 Å². The average Bonchev–Trinajstić information content (AvgIpc) is 2.61. The van der Waals surface area contributed by atoms with Gasteiger partial charge in [-0.1, -0.05) is 12.0 Å². The van der Waals surface area contributed by atoms with Gasteiger partial charge < -0.3 is 4.57 Å². The number of nitrogens with zero attached hydrogens (tertiary/aromatic N) is 3. The summed E-state index contributed by atoms with van der Waals surface area (Å²) < 4.78 is 1.88. The first-order valence-corrected chi connectivity index (χ1v) is 4.11. The quantitative estimate of drug-likeness (QED) is 0.488. The summed E-state index contributed by atoms with van der Waals surface area (Å²) in [4.78, 5) is 7.51. The first-order valence-electron chi connectivity index (χ1n) is 4.11. The number of imidazole rings is 1. The Morgan fingerprint density at radius 1 is 1.57 bits per heavy atom. The molecule has 0 aliphatic rings. The minimum Gasteiger partial charge on any atom is -0.319 e. The Hall–Kier alpha value is -2.26. The third-order valence-corrected chi connectivity index (χ3v) is 2.00. The van der Waals surface area contributed by atoms with Crippen LogP contribution < -0.4 is 0 Å². The Morgan fingerprint density at radius 3 is 3.14 bits per heavy atom. The van der Waals surface area contributed by atoms with Crippen LogP contribution >= 0.6 is 0 Å². The lowest BCUT2D eigenvalue weighted by molar-refractivity contribution is 0.871. The normalized spacial score (nSPS) is 9.57. The van der Waals surface area contributed by atoms with E-state index in [9.17, 15) is 0 Å². The van der Waals surface area contributed by atoms with Crippen molar-refractivity contribution in [1.29, 1.82) is 0 Å². The van der Waals surface area contributed by atoms with Crippen molar-refractivity contribution in [2.24, 2.45) is 0 Å². The predicted octanol–water partition coefficient (Wildman–Crippen LogP) is 2.22. The number of terminal acetylenes is 1. The van der Waals surface area contributed by atoms with Gasteiger partial charge in [0.05, 0.1) is 30.5 Å². The van der Waals surface area contributed by atoms with Crippen molar-refractivity contribution in [3.05, 3.63) is 35.9 Å². The molecule has 1 heterocycles. The zero-order chi connectivity index (χ0) is 9.97. The summed E-state index contributed by atoms with van der Waals surface area (Å²) in [5.41, 5.74) is 2.38. The average molecular weight is 181 g/mol. The van der Waals surface area contributed by atoms with Crippen molar-refractivity contribution < 1.29 is 0 Å². The molecule has 0 aliphatic heterocycles. The zero-order valence-corrected chi connectivity index (χ0v) is 7.44. The van der Waals surface area contributed by atoms with E-state index in [1.165, 1.54) is 0 Å². The van der Waals surface area contributed by atoms with Crippen LogP contribution in [0.1, 0.15) is 0 Å². The van der Waals surface area contributed by atoms with E-state index < -0.39 is 0 Å². The highest BCUT2D eigenvalue weighted by Gasteiger charge is 2.01. The molecule has 0 atom stereocenters. The van der Waals surface area contributed by atoms with Crippen molar-refractivity contribution in [3.8, 4) is 12.3 Å². The van der Waals surface area contributed by atoms with Gasteiger partial charge in [0.1, 0.15) is 0 Å². The summed E-state index contributed by atoms with van der Waals surface area (Å²) in [6.45, 7) is 7.37. The lowest BCUT2D eigenvalue weighted by Crippen LogP contribution is -1.91. The number of aromatic nitrogens is 2. The van der Waals surface area contributed by atoms with Crippen LogP contribution in [0.3, 0.4) is 0 Å². The van der Waals surface area contributed by atoms with Gasteiger partial charge >= 0.3 is 0 Å². The number of rotatable bonds is 1. The number of benzene rings is 1. The Labute approximate surface area is 81.8 Å². The second-order valence-corrected chi connectivity index (χ2v) is 2.86. The third kappa shape index (κ3) is 1.22. The maximum atomic E-state index is 6.86. The molecule has 0 spiro atoms. The Morgan fingerprint density at radius 2 is 2.43 bits per heavy atom. The third-order valence-electron chi connectivity index (χ3n) is 2.00. The van der Waals surface area contributed by atoms with Gasteiger partial charge in [0.25, 0.3) is 0 Å². The second kappa shape index (κ2) is 3.24. The summed E-state index contributed by atoms with van der Waals surface area (Å²) in [7, 11) is 0. The SMILES string of the molecule is [C-]#[N+]c1ccc2c(c1)ncn2CC#C. The smallest absolute Gasteiger partial charge is 0.189 e. The molecule has 1 aromatic heterocycles. The molecule has 0 amide bonds. The lowest BCUT2D eigenvalue weighted by Gasteiger charge is -1.97. The van der Waals surface area contributed by atoms with Crippen LogP contribution in [0, 0.1) is 18.9 Å². The fraction of sp³-hybridized carbons (Fsp3) is 0.0909. The number of hydrogen-bond donors (Lipinski definition) is 0. The van der Waals surface area contributed by atoms with Gasteiger partial charge in [-0.15, -0.1) is 6.42 Å². The molecule has 3 heteroatoms. The molecule has 0 saturated carbocycles. The zero-order valence-electron chi connectivity index (χ0n) is 7.44. The molecule has 2 aromatic rings. The summed E-state index contributed by atoms with van der Waals surface area (Å²) >= 11 is 0. The van der Waals surface area contributed by atoms with Gasteiger partial charge in [-0.05, 0) is 12.1 Å². The monoisotopic (exact) mass is 181 g/mol. The molecule has 1 aromatic carbocycles. The molecule has 14 heavy (non-hydrogen) atoms. The molecule has 3 nitrogen and oxygen atoms in total. The molecular formula is C11H7N3. The van der Waals surface area contributed by atoms with E-state index in [0.717, 1.165) is 11.0 Å². The summed E-state index contributed by atoms with van der Waals surface area (Å²) in [5, 5.41) is 0. The van der Waals surface area contributed by atoms with Crippen molar-refractivity contribution >= 4 is 16.7 Å². The van der Waals surface area contributed by atoms with Crippen LogP contribution in [0.25, 0.3) is 15.9 Å². The first-order chi connectivity index (χ1) is 6.85. The number of hydrogen-bond acceptors (Lipinski definition) is 1. The molecule has 0 aliphatic carbocycles. The van der Waals surface area contributed by atoms with Crippen LogP contribution in [0.4, 0.5) is 5.69 Å². The van der Waals surface area contributed by atoms with Crippen molar-refractivity contribution in [2.45, 2.75) is 6.54 Å². The van der Waals surface area contributed by atoms with Crippen LogP contribution in [0.5, 0.6) is 0 Å². The van der Waals surface area contributed by atoms with Gasteiger partial charge in [-0.3, -0.25) is 0 Å². The maximum absolute atomic E-state index is 6.86. The summed E-state index contributed by atoms with van der Waals surface area (Å²) in [6, 6.07) is 5.40. The van der Waals surface area contributed by atoms with E-state index in [4.69, 9.17) is 13.0 Å². The van der Waals surface area contributed by atoms with Crippen molar-refractivity contribution in [2.75, 3.05) is 0 Å². The van der Waals surface area contributed by atoms with Crippen LogP contribution in [-0.4, -0.2) is 9.55 Å². The highest BCUT2D eigenvalue weighted by atomic mass is 15.0. The molecule has 0 radical (unpaired) electrons. The van der Waals surface area contributed by atoms with Crippen molar-refractivity contribution in [1.82, 2.24) is 9.55 Å². The van der Waals surface area contributed by atoms with Crippen LogP contribution in [-0.2, 0) is 6.54 Å². The minimum absolute atomic E-state index is 0.508. The minimum atomic E-state index is 0.508. The Balaban J connectivity index is 2.62. The van der Waals surface area contributed by atoms with E-state index in [1.807, 2.05) is 10.6 Å². The van der Waals surface area contributed by atoms with E-state index in [-0.39, 0.29) is 0 Å². The topological polar surface area (TPSA) is 22.2 Å². The molecule has 2 rings (SSSR count). The molecule has 0 saturated heterocycles. The van der Waals surface area contributed by atoms with E-state index in [0.29, 0.717) is 12.2 Å². The molecule has 0 bridgehead atoms. The van der Waals surface area contributed by atoms with E-state index in [2.05, 4.69) is 15.7 Å². The number of fused-ring (bicyclic) bond motifs is 1. The van der Waals surface area contributed by atoms with Crippen molar-refractivity contribution in [3.63, 3.8) is 0 Å². The van der Waals surface area contributed by atoms with E-state index in [1.54, 1.807) is 18.5 Å². The largest absolute Gasteiger partial charge is 0.319 e. The van der Waals surface area contributed by atoms with Gasteiger partial charge in [0.15, 0.2) is 5.69 Å². The lowest BCUT2D eigenvalue weighted by atomic mass is 10.3. The van der Waals surface area contributed by atoms with Gasteiger partial charge in [0, 0.05) is 0 Å². The summed E-state index contributed by atoms with van der Waals surface area (Å²) in [5.74, 6) is 2.55. The van der Waals surface area contributed by atoms with Crippen LogP contribution in [0.15, 0.2) is 24.5 Å². The highest BCUT2D eigenvalue weighted by Crippen LogP contribution is 2.19. The molecular weight excluding hydrogens is 174 g/mol. The fourth-order valence-corrected chi connectivity index (χ4v) is 1.35. The second-order valence-electron chi connectivity index (χ2n) is 2.86. The maximum Gasteiger partial charge on any atom is 0.189 e. The summed E-state index contributed by atoms with van der Waals surface area (Å²) in [6.07, 6.45) is 6.91. The van der Waals surface area contributed by atoms with E-state index >= 15 is 0 Å². The van der Waals surface area contributed by atoms with Gasteiger partial charge in [-0.25, -0.2) is 9.83 Å². The Kier molecular flexibility index (Phi) is 1.93. The Bertz CT molecular complexity index is 552. The molecule has 0 unspecified atom stereocenters. The molecule has 66 valence electrons. The predicted molar refractivity (Wildman–Crippen MR) is 54.8 cm³/mol. The standard InChI is InChI=1S/C11H7N3/c1-3-6-14-8-13-10-7-9(12-2)4-5-11(10)14/h1,4-5,7-8H,6H2. The highest BCUT2D eigenvalue weighted by molar-refractivity contribution is 5.79. The van der Waals surface area contributed by atoms with Gasteiger partial charge in [0.2, 0.25) is 0 Å². The molecule has 0 N–H and O–H groups in total. The van der Waals surface area contributed by atoms with Crippen LogP contribution in [0.2, 0.25) is 0 Å².